The van der Waals surface area contributed by atoms with Crippen LogP contribution < -0.4 is 15.5 Å². The smallest absolute Gasteiger partial charge is 0.321 e. The number of nitrogens with one attached hydrogen (secondary N) is 2. The molecule has 1 spiro atoms. The maximum atomic E-state index is 16.2. The Kier molecular flexibility index (Phi) is 4.69. The van der Waals surface area contributed by atoms with Gasteiger partial charge in [-0.3, -0.25) is 15.1 Å². The number of urea groups is 1. The summed E-state index contributed by atoms with van der Waals surface area (Å²) in [6, 6.07) is 6.06. The average Bonchev–Trinajstić information content (AvgIpc) is 3.21. The molecule has 2 unspecified atom stereocenters. The van der Waals surface area contributed by atoms with Crippen LogP contribution in [0, 0.1) is 11.2 Å². The highest BCUT2D eigenvalue weighted by atomic mass is 32.1. The first-order valence-corrected chi connectivity index (χ1v) is 12.1. The Labute approximate surface area is 199 Å². The molecular formula is C24H24FN5O3S. The normalized spacial score (nSPS) is 30.6. The van der Waals surface area contributed by atoms with Crippen molar-refractivity contribution in [2.24, 2.45) is 5.41 Å². The third kappa shape index (κ3) is 2.84. The van der Waals surface area contributed by atoms with Crippen LogP contribution in [0.3, 0.4) is 0 Å². The highest BCUT2D eigenvalue weighted by Gasteiger charge is 2.61. The molecule has 0 bridgehead atoms. The summed E-state index contributed by atoms with van der Waals surface area (Å²) in [5.74, 6) is -0.690. The highest BCUT2D eigenvalue weighted by molar-refractivity contribution is 7.13. The number of carbonyl (C=O) groups is 2. The van der Waals surface area contributed by atoms with Gasteiger partial charge in [-0.1, -0.05) is 6.07 Å². The third-order valence-electron chi connectivity index (χ3n) is 7.41. The van der Waals surface area contributed by atoms with Crippen molar-refractivity contribution in [3.8, 4) is 11.4 Å². The third-order valence-corrected chi connectivity index (χ3v) is 8.27. The SMILES string of the molecule is CC1NC(=O)NC(=O)C12Cc1cc3c(-c4ccccn4)nsc3c(F)c1N1C[C@@H](C)O[C@@H](C)[C@@H]12. The van der Waals surface area contributed by atoms with Crippen molar-refractivity contribution < 1.29 is 18.7 Å². The van der Waals surface area contributed by atoms with E-state index in [2.05, 4.69) is 20.0 Å². The van der Waals surface area contributed by atoms with Crippen LogP contribution in [0.25, 0.3) is 21.5 Å². The molecular weight excluding hydrogens is 457 g/mol. The number of carbonyl (C=O) groups excluding carboxylic acids is 2. The van der Waals surface area contributed by atoms with Gasteiger partial charge < -0.3 is 15.0 Å². The number of aromatic nitrogens is 2. The number of imide groups is 1. The Hall–Kier alpha value is -3.11. The van der Waals surface area contributed by atoms with E-state index in [1.807, 2.05) is 49.9 Å². The van der Waals surface area contributed by atoms with Gasteiger partial charge in [0.25, 0.3) is 0 Å². The van der Waals surface area contributed by atoms with Crippen molar-refractivity contribution in [1.82, 2.24) is 20.0 Å². The first kappa shape index (κ1) is 21.4. The molecule has 3 aromatic rings. The molecule has 1 aromatic carbocycles. The van der Waals surface area contributed by atoms with Crippen LogP contribution in [0.1, 0.15) is 26.3 Å². The number of rotatable bonds is 1. The maximum absolute atomic E-state index is 16.2. The number of halogens is 1. The number of hydrogen-bond acceptors (Lipinski definition) is 7. The van der Waals surface area contributed by atoms with Gasteiger partial charge >= 0.3 is 6.03 Å². The Balaban J connectivity index is 1.60. The molecule has 2 aromatic heterocycles. The van der Waals surface area contributed by atoms with E-state index < -0.39 is 23.5 Å². The standard InChI is InChI=1S/C24H24FN5O3S/c1-11-10-30-19-14(8-15-18(16-6-4-5-7-26-16)29-34-20(15)17(19)25)9-24(21(30)12(2)33-11)13(3)27-23(32)28-22(24)31/h4-8,11-13,21H,9-10H2,1-3H3,(H2,27,28,31,32)/t11-,12+,13?,21-,24?/m1/s1. The zero-order chi connectivity index (χ0) is 23.8. The van der Waals surface area contributed by atoms with Crippen molar-refractivity contribution in [2.75, 3.05) is 11.4 Å². The second-order valence-electron chi connectivity index (χ2n) is 9.44. The van der Waals surface area contributed by atoms with Crippen LogP contribution in [0.4, 0.5) is 14.9 Å². The molecule has 176 valence electrons. The van der Waals surface area contributed by atoms with Crippen LogP contribution in [0.2, 0.25) is 0 Å². The second kappa shape index (κ2) is 7.44. The first-order chi connectivity index (χ1) is 16.3. The summed E-state index contributed by atoms with van der Waals surface area (Å²) in [5.41, 5.74) is 1.49. The number of hydrogen-bond donors (Lipinski definition) is 2. The summed E-state index contributed by atoms with van der Waals surface area (Å²) < 4.78 is 27.4. The minimum Gasteiger partial charge on any atom is -0.372 e. The van der Waals surface area contributed by atoms with Crippen molar-refractivity contribution in [3.05, 3.63) is 41.8 Å². The molecule has 3 amide bonds. The van der Waals surface area contributed by atoms with E-state index in [1.165, 1.54) is 0 Å². The Morgan fingerprint density at radius 2 is 2.09 bits per heavy atom. The Morgan fingerprint density at radius 3 is 2.82 bits per heavy atom. The zero-order valence-electron chi connectivity index (χ0n) is 19.0. The van der Waals surface area contributed by atoms with Crippen molar-refractivity contribution in [2.45, 2.75) is 51.5 Å². The fraction of sp³-hybridized carbons (Fsp3) is 0.417. The largest absolute Gasteiger partial charge is 0.372 e. The fourth-order valence-electron chi connectivity index (χ4n) is 6.09. The van der Waals surface area contributed by atoms with E-state index in [1.54, 1.807) is 6.20 Å². The van der Waals surface area contributed by atoms with Gasteiger partial charge in [0.15, 0.2) is 5.82 Å². The molecule has 3 aliphatic heterocycles. The monoisotopic (exact) mass is 481 g/mol. The molecule has 0 radical (unpaired) electrons. The number of amides is 3. The number of morpholine rings is 1. The first-order valence-electron chi connectivity index (χ1n) is 11.4. The minimum atomic E-state index is -1.02. The van der Waals surface area contributed by atoms with Gasteiger partial charge in [-0.15, -0.1) is 0 Å². The van der Waals surface area contributed by atoms with E-state index in [4.69, 9.17) is 4.74 Å². The van der Waals surface area contributed by atoms with Gasteiger partial charge in [-0.25, -0.2) is 9.18 Å². The van der Waals surface area contributed by atoms with Gasteiger partial charge in [0, 0.05) is 24.2 Å². The molecule has 34 heavy (non-hydrogen) atoms. The molecule has 2 fully saturated rings. The van der Waals surface area contributed by atoms with Gasteiger partial charge in [0.2, 0.25) is 5.91 Å². The Morgan fingerprint density at radius 1 is 1.26 bits per heavy atom. The Bertz CT molecular complexity index is 1330. The van der Waals surface area contributed by atoms with Crippen molar-refractivity contribution >= 4 is 39.2 Å². The summed E-state index contributed by atoms with van der Waals surface area (Å²) in [7, 11) is 0. The van der Waals surface area contributed by atoms with Crippen molar-refractivity contribution in [1.29, 1.82) is 0 Å². The quantitative estimate of drug-likeness (QED) is 0.554. The number of ether oxygens (including phenoxy) is 1. The van der Waals surface area contributed by atoms with Gasteiger partial charge in [-0.2, -0.15) is 4.37 Å². The summed E-state index contributed by atoms with van der Waals surface area (Å²) in [6.07, 6.45) is 1.46. The number of fused-ring (bicyclic) bond motifs is 5. The molecule has 0 saturated carbocycles. The van der Waals surface area contributed by atoms with Crippen molar-refractivity contribution in [3.63, 3.8) is 0 Å². The lowest BCUT2D eigenvalue weighted by molar-refractivity contribution is -0.142. The van der Waals surface area contributed by atoms with E-state index >= 15 is 4.39 Å². The van der Waals surface area contributed by atoms with E-state index in [-0.39, 0.29) is 30.4 Å². The zero-order valence-corrected chi connectivity index (χ0v) is 19.8. The van der Waals surface area contributed by atoms with Crippen LogP contribution in [-0.4, -0.2) is 52.1 Å². The summed E-state index contributed by atoms with van der Waals surface area (Å²) in [6.45, 7) is 6.14. The number of nitrogens with zero attached hydrogens (tertiary/aromatic N) is 3. The molecule has 5 heterocycles. The van der Waals surface area contributed by atoms with E-state index in [9.17, 15) is 9.59 Å². The van der Waals surface area contributed by atoms with Crippen LogP contribution in [-0.2, 0) is 16.0 Å². The predicted octanol–water partition coefficient (Wildman–Crippen LogP) is 3.25. The molecule has 6 rings (SSSR count). The van der Waals surface area contributed by atoms with Gasteiger partial charge in [0.1, 0.15) is 5.69 Å². The minimum absolute atomic E-state index is 0.147. The second-order valence-corrected chi connectivity index (χ2v) is 10.2. The maximum Gasteiger partial charge on any atom is 0.321 e. The van der Waals surface area contributed by atoms with E-state index in [0.29, 0.717) is 33.7 Å². The molecule has 3 aliphatic rings. The molecule has 8 nitrogen and oxygen atoms in total. The lowest BCUT2D eigenvalue weighted by Gasteiger charge is -2.58. The van der Waals surface area contributed by atoms with Crippen LogP contribution >= 0.6 is 11.5 Å². The molecule has 0 aliphatic carbocycles. The molecule has 2 saturated heterocycles. The average molecular weight is 482 g/mol. The summed E-state index contributed by atoms with van der Waals surface area (Å²) in [4.78, 5) is 32.0. The van der Waals surface area contributed by atoms with Crippen LogP contribution in [0.5, 0.6) is 0 Å². The summed E-state index contributed by atoms with van der Waals surface area (Å²) >= 11 is 1.12. The number of pyridine rings is 1. The molecule has 10 heteroatoms. The molecule has 2 N–H and O–H groups in total. The number of anilines is 1. The van der Waals surface area contributed by atoms with Crippen LogP contribution in [0.15, 0.2) is 30.5 Å². The lowest BCUT2D eigenvalue weighted by atomic mass is 9.63. The predicted molar refractivity (Wildman–Crippen MR) is 126 cm³/mol. The van der Waals surface area contributed by atoms with Gasteiger partial charge in [0.05, 0.1) is 39.7 Å². The fourth-order valence-corrected chi connectivity index (χ4v) is 6.89. The van der Waals surface area contributed by atoms with Gasteiger partial charge in [-0.05, 0) is 62.5 Å². The highest BCUT2D eigenvalue weighted by Crippen LogP contribution is 2.51. The van der Waals surface area contributed by atoms with E-state index in [0.717, 1.165) is 17.1 Å². The lowest BCUT2D eigenvalue weighted by Crippen LogP contribution is -2.76. The summed E-state index contributed by atoms with van der Waals surface area (Å²) in [5, 5.41) is 6.02. The molecule has 5 atom stereocenters. The number of benzene rings is 1. The topological polar surface area (TPSA) is 96.5 Å².